The highest BCUT2D eigenvalue weighted by atomic mass is 16.6. The number of fused-ring (bicyclic) bond motifs is 2. The molecule has 0 aliphatic carbocycles. The second-order valence-electron chi connectivity index (χ2n) is 22.2. The van der Waals surface area contributed by atoms with Crippen molar-refractivity contribution in [3.63, 3.8) is 0 Å². The number of ether oxygens (including phenoxy) is 4. The van der Waals surface area contributed by atoms with E-state index in [1.165, 1.54) is 65.7 Å². The minimum atomic E-state index is -0.813. The van der Waals surface area contributed by atoms with E-state index in [1.54, 1.807) is 27.7 Å². The fraction of sp³-hybridized carbons (Fsp3) is 0.571. The van der Waals surface area contributed by atoms with E-state index in [9.17, 15) is 57.5 Å². The number of aliphatic hydroxyl groups is 1. The molecule has 6 aromatic heterocycles. The van der Waals surface area contributed by atoms with Crippen LogP contribution in [0.2, 0.25) is 0 Å². The number of nitrogens with one attached hydrogen (secondary N) is 4. The van der Waals surface area contributed by atoms with Crippen LogP contribution in [0.5, 0.6) is 0 Å². The quantitative estimate of drug-likeness (QED) is 0.0200. The fourth-order valence-electron chi connectivity index (χ4n) is 9.51. The maximum Gasteiger partial charge on any atom is 0.349 e. The van der Waals surface area contributed by atoms with E-state index in [0.29, 0.717) is 171 Å². The summed E-state index contributed by atoms with van der Waals surface area (Å²) in [6.45, 7) is 7.47. The molecule has 0 saturated heterocycles. The van der Waals surface area contributed by atoms with Crippen LogP contribution in [-0.4, -0.2) is 151 Å². The van der Waals surface area contributed by atoms with Crippen molar-refractivity contribution < 1.29 is 62.8 Å². The monoisotopic (exact) mass is 1380 g/mol. The third kappa shape index (κ3) is 28.7. The molecule has 6 N–H and O–H groups in total. The smallest absolute Gasteiger partial charge is 0.349 e. The van der Waals surface area contributed by atoms with E-state index in [4.69, 9.17) is 19.9 Å². The predicted octanol–water partition coefficient (Wildman–Crippen LogP) is 2.25. The van der Waals surface area contributed by atoms with Gasteiger partial charge in [-0.2, -0.15) is 20.1 Å². The molecule has 0 unspecified atom stereocenters. The molecule has 0 atom stereocenters. The number of aromatic amines is 2. The Balaban J connectivity index is 0.000000261. The normalized spacial score (nSPS) is 11.7. The van der Waals surface area contributed by atoms with E-state index >= 15 is 0 Å². The first-order valence-corrected chi connectivity index (χ1v) is 32.4. The minimum absolute atomic E-state index is 0.127. The Morgan fingerprint density at radius 1 is 0.490 bits per heavy atom. The number of carbonyl (C=O) groups excluding carboxylic acids is 4. The molecule has 35 heteroatoms. The van der Waals surface area contributed by atoms with Crippen molar-refractivity contribution in [2.45, 2.75) is 188 Å². The molecular weight excluding hydrogens is 1290 g/mol. The molecule has 0 saturated carbocycles. The van der Waals surface area contributed by atoms with E-state index in [2.05, 4.69) is 71.8 Å². The first-order chi connectivity index (χ1) is 47.2. The molecule has 8 rings (SSSR count). The number of nitrogens with zero attached hydrogens (tertiary/aromatic N) is 11. The number of aromatic nitrogens is 13. The Morgan fingerprint density at radius 3 is 1.23 bits per heavy atom. The molecule has 98 heavy (non-hydrogen) atoms. The molecule has 0 spiro atoms. The highest BCUT2D eigenvalue weighted by Crippen LogP contribution is 2.17. The molecule has 0 radical (unpaired) electrons. The minimum Gasteiger partial charge on any atom is -0.481 e. The van der Waals surface area contributed by atoms with Crippen molar-refractivity contribution in [1.29, 1.82) is 0 Å². The predicted molar refractivity (Wildman–Crippen MR) is 353 cm³/mol. The number of esters is 4. The number of H-pyrrole nitrogens is 2. The molecule has 0 amide bonds. The van der Waals surface area contributed by atoms with Crippen LogP contribution in [0.15, 0.2) is 77.2 Å². The third-order valence-corrected chi connectivity index (χ3v) is 14.8. The molecule has 0 aromatic carbocycles. The van der Waals surface area contributed by atoms with E-state index in [1.807, 2.05) is 13.1 Å². The van der Waals surface area contributed by atoms with Gasteiger partial charge in [-0.3, -0.25) is 66.9 Å². The second-order valence-corrected chi connectivity index (χ2v) is 22.2. The van der Waals surface area contributed by atoms with Crippen molar-refractivity contribution in [2.75, 3.05) is 59.2 Å². The van der Waals surface area contributed by atoms with Gasteiger partial charge in [-0.15, -0.1) is 0 Å². The number of carbonyl (C=O) groups is 5. The zero-order valence-electron chi connectivity index (χ0n) is 56.4. The lowest BCUT2D eigenvalue weighted by molar-refractivity contribution is -0.141. The van der Waals surface area contributed by atoms with Crippen LogP contribution in [0.4, 0.5) is 11.6 Å². The van der Waals surface area contributed by atoms with Crippen LogP contribution in [0, 0.1) is 0 Å². The maximum atomic E-state index is 12.2. The number of aliphatic carboxylic acids is 1. The topological polar surface area (TPSA) is 450 Å². The van der Waals surface area contributed by atoms with Crippen molar-refractivity contribution >= 4 is 41.5 Å². The van der Waals surface area contributed by atoms with Gasteiger partial charge in [0.15, 0.2) is 17.5 Å². The van der Waals surface area contributed by atoms with E-state index in [-0.39, 0.29) is 66.0 Å². The summed E-state index contributed by atoms with van der Waals surface area (Å²) >= 11 is 0. The van der Waals surface area contributed by atoms with Gasteiger partial charge in [-0.25, -0.2) is 44.6 Å². The van der Waals surface area contributed by atoms with Crippen molar-refractivity contribution in [3.05, 3.63) is 145 Å². The molecule has 35 nitrogen and oxygen atoms in total. The molecule has 0 bridgehead atoms. The first kappa shape index (κ1) is 80.4. The molecule has 8 heterocycles. The fourth-order valence-corrected chi connectivity index (χ4v) is 9.51. The summed E-state index contributed by atoms with van der Waals surface area (Å²) in [6, 6.07) is 0. The van der Waals surface area contributed by atoms with E-state index < -0.39 is 22.9 Å². The SMILES string of the molecule is CCCc1cn(CCCCC(=O)OC)c(=O)[nH]c1=O.CCCc1cn(CCCCC(=O)OC)c(=O)nc1-n1cncn1.COC(=O)CCCCn1cc(CCO)c(=O)[nH]c1=O.COC(=O)CCCCn1cc2c(nc1=O)NOCC2.O=C(O)CCCCn1cc2c(nc1=O)NOCC2. The summed E-state index contributed by atoms with van der Waals surface area (Å²) in [4.78, 5) is 166. The highest BCUT2D eigenvalue weighted by molar-refractivity contribution is 5.70. The number of hydrogen-bond donors (Lipinski definition) is 6. The number of carboxylic acids is 1. The largest absolute Gasteiger partial charge is 0.481 e. The summed E-state index contributed by atoms with van der Waals surface area (Å²) in [5.74, 6) is -0.293. The zero-order chi connectivity index (χ0) is 71.8. The molecule has 2 aliphatic heterocycles. The summed E-state index contributed by atoms with van der Waals surface area (Å²) in [6.07, 6.45) is 24.4. The number of carboxylic acid groups (broad SMARTS) is 1. The number of aryl methyl sites for hydroxylation is 7. The van der Waals surface area contributed by atoms with Crippen LogP contribution < -0.4 is 50.5 Å². The van der Waals surface area contributed by atoms with Crippen LogP contribution in [0.25, 0.3) is 5.82 Å². The number of rotatable bonds is 32. The van der Waals surface area contributed by atoms with Gasteiger partial charge in [0.2, 0.25) is 0 Å². The van der Waals surface area contributed by atoms with Crippen LogP contribution in [0.1, 0.15) is 151 Å². The molecule has 6 aromatic rings. The number of anilines is 2. The third-order valence-electron chi connectivity index (χ3n) is 14.8. The van der Waals surface area contributed by atoms with Gasteiger partial charge in [-0.1, -0.05) is 26.7 Å². The van der Waals surface area contributed by atoms with Gasteiger partial charge < -0.3 is 38.3 Å². The molecule has 538 valence electrons. The van der Waals surface area contributed by atoms with Gasteiger partial charge in [0.25, 0.3) is 11.1 Å². The zero-order valence-corrected chi connectivity index (χ0v) is 56.4. The molecule has 2 aliphatic rings. The summed E-state index contributed by atoms with van der Waals surface area (Å²) in [5.41, 5.74) is 6.46. The number of unbranched alkanes of at least 4 members (excludes halogenated alkanes) is 5. The number of aliphatic hydroxyl groups excluding tert-OH is 1. The standard InChI is InChI=1S/C15H21N5O3.C13H20N2O4.C12H17N3O4.C12H18N2O5.C11H15N3O4/c1-3-6-12-9-19(8-5-4-7-13(21)23-2)15(22)18-14(12)20-11-16-10-17-20;1-3-6-10-9-15(13(18)14-12(10)17)8-5-4-7-11(16)19-2;1-18-10(16)4-2-3-6-15-8-9-5-7-19-14-11(9)13-12(15)17;1-19-10(16)4-2-3-6-14-8-9(5-7-15)11(17)13-12(14)18;15-9(16)3-1-2-5-14-7-8-4-6-18-13-10(8)12-11(14)17/h9-11H,3-8H2,1-2H3;9H,3-8H2,1-2H3,(H,14,17,18);8H,2-7H2,1H3,(H,13,14,17);8,15H,2-7H2,1H3,(H,13,17,18);7H,1-6H2,(H,15,16)(H,12,13,17). The average molecular weight is 1380 g/mol. The number of methoxy groups -OCH3 is 4. The van der Waals surface area contributed by atoms with Gasteiger partial charge in [-0.05, 0) is 77.0 Å². The highest BCUT2D eigenvalue weighted by Gasteiger charge is 2.17. The summed E-state index contributed by atoms with van der Waals surface area (Å²) in [7, 11) is 5.42. The first-order valence-electron chi connectivity index (χ1n) is 32.4. The summed E-state index contributed by atoms with van der Waals surface area (Å²) in [5, 5.41) is 21.4. The Hall–Kier alpha value is -10.0. The van der Waals surface area contributed by atoms with Gasteiger partial charge in [0.1, 0.15) is 12.7 Å². The van der Waals surface area contributed by atoms with Crippen molar-refractivity contribution in [3.8, 4) is 5.82 Å². The lowest BCUT2D eigenvalue weighted by Gasteiger charge is -2.17. The van der Waals surface area contributed by atoms with Crippen LogP contribution >= 0.6 is 0 Å². The van der Waals surface area contributed by atoms with Crippen molar-refractivity contribution in [2.24, 2.45) is 0 Å². The van der Waals surface area contributed by atoms with Crippen LogP contribution in [-0.2, 0) is 117 Å². The van der Waals surface area contributed by atoms with Gasteiger partial charge >= 0.3 is 58.3 Å². The van der Waals surface area contributed by atoms with Gasteiger partial charge in [0, 0.05) is 149 Å². The Kier molecular flexibility index (Phi) is 36.6. The Labute approximate surface area is 562 Å². The molecule has 0 fully saturated rings. The lowest BCUT2D eigenvalue weighted by atomic mass is 10.2. The second kappa shape index (κ2) is 44.7. The summed E-state index contributed by atoms with van der Waals surface area (Å²) < 4.78 is 27.3. The molecular formula is C63H91N15O20. The maximum absolute atomic E-state index is 12.2. The van der Waals surface area contributed by atoms with Crippen molar-refractivity contribution in [1.82, 2.24) is 62.5 Å². The van der Waals surface area contributed by atoms with Gasteiger partial charge in [0.05, 0.1) is 41.7 Å². The average Bonchev–Trinajstić information content (AvgIpc) is 1.47. The van der Waals surface area contributed by atoms with Crippen LogP contribution in [0.3, 0.4) is 0 Å². The Bertz CT molecular complexity index is 3830. The van der Waals surface area contributed by atoms with E-state index in [0.717, 1.165) is 48.8 Å². The lowest BCUT2D eigenvalue weighted by Crippen LogP contribution is -2.32. The Morgan fingerprint density at radius 2 is 0.857 bits per heavy atom. The number of hydrogen-bond acceptors (Lipinski definition) is 26.